The molecule has 0 spiro atoms. The van der Waals surface area contributed by atoms with E-state index >= 15 is 0 Å². The molecule has 0 radical (unpaired) electrons. The Morgan fingerprint density at radius 1 is 1.07 bits per heavy atom. The second-order valence-electron chi connectivity index (χ2n) is 7.24. The molecule has 0 aromatic carbocycles. The zero-order valence-corrected chi connectivity index (χ0v) is 17.4. The van der Waals surface area contributed by atoms with Gasteiger partial charge in [0.1, 0.15) is 0 Å². The number of aryl methyl sites for hydroxylation is 2. The summed E-state index contributed by atoms with van der Waals surface area (Å²) >= 11 is 0. The molecule has 1 aliphatic rings. The maximum absolute atomic E-state index is 13.0. The van der Waals surface area contributed by atoms with Gasteiger partial charge in [-0.15, -0.1) is 0 Å². The fourth-order valence-electron chi connectivity index (χ4n) is 3.85. The summed E-state index contributed by atoms with van der Waals surface area (Å²) in [5, 5.41) is 3.13. The Bertz CT molecular complexity index is 980. The molecule has 0 amide bonds. The minimum absolute atomic E-state index is 0.251. The molecule has 0 saturated heterocycles. The molecule has 7 nitrogen and oxygen atoms in total. The van der Waals surface area contributed by atoms with Crippen molar-refractivity contribution in [3.05, 3.63) is 69.6 Å². The highest BCUT2D eigenvalue weighted by Gasteiger charge is 2.38. The zero-order chi connectivity index (χ0) is 21.1. The molecular weight excluding hydrogens is 370 g/mol. The number of aromatic amines is 2. The highest BCUT2D eigenvalue weighted by Crippen LogP contribution is 2.38. The Kier molecular flexibility index (Phi) is 5.96. The maximum Gasteiger partial charge on any atom is 0.336 e. The fraction of sp³-hybridized carbons (Fsp3) is 0.364. The number of hydrogen-bond donors (Lipinski definition) is 3. The molecule has 0 aliphatic carbocycles. The summed E-state index contributed by atoms with van der Waals surface area (Å²) in [7, 11) is 1.33. The van der Waals surface area contributed by atoms with Crippen molar-refractivity contribution in [2.45, 2.75) is 40.0 Å². The van der Waals surface area contributed by atoms with Gasteiger partial charge in [-0.1, -0.05) is 0 Å². The van der Waals surface area contributed by atoms with Crippen molar-refractivity contribution in [3.8, 4) is 0 Å². The maximum atomic E-state index is 13.0. The molecule has 1 atom stereocenters. The molecule has 0 saturated carbocycles. The molecule has 1 unspecified atom stereocenters. The van der Waals surface area contributed by atoms with Crippen molar-refractivity contribution >= 4 is 11.9 Å². The molecule has 2 aromatic rings. The van der Waals surface area contributed by atoms with E-state index in [1.807, 2.05) is 32.9 Å². The Balaban J connectivity index is 1.85. The summed E-state index contributed by atoms with van der Waals surface area (Å²) in [4.78, 5) is 31.9. The van der Waals surface area contributed by atoms with Crippen LogP contribution in [0.4, 0.5) is 0 Å². The topological polar surface area (TPSA) is 96.2 Å². The number of carbonyl (C=O) groups excluding carboxylic acids is 2. The summed E-state index contributed by atoms with van der Waals surface area (Å²) in [5.41, 5.74) is 6.12. The average molecular weight is 397 g/mol. The minimum Gasteiger partial charge on any atom is -0.466 e. The average Bonchev–Trinajstić information content (AvgIpc) is 3.30. The third-order valence-electron chi connectivity index (χ3n) is 5.18. The molecule has 1 aliphatic heterocycles. The number of carbonyl (C=O) groups is 2. The predicted molar refractivity (Wildman–Crippen MR) is 109 cm³/mol. The molecular formula is C22H27N3O4. The lowest BCUT2D eigenvalue weighted by molar-refractivity contribution is -0.139. The van der Waals surface area contributed by atoms with Gasteiger partial charge in [-0.05, 0) is 51.5 Å². The molecule has 7 heteroatoms. The van der Waals surface area contributed by atoms with E-state index in [0.29, 0.717) is 29.0 Å². The largest absolute Gasteiger partial charge is 0.466 e. The van der Waals surface area contributed by atoms with Crippen LogP contribution in [0.15, 0.2) is 46.9 Å². The van der Waals surface area contributed by atoms with E-state index in [-0.39, 0.29) is 6.61 Å². The van der Waals surface area contributed by atoms with E-state index in [9.17, 15) is 9.59 Å². The SMILES string of the molecule is COC(=O)C1=C(C)NC(C)=C(C(=O)OCCc2cc(C)[nH]c2C)C1c1ccc[nH]1. The van der Waals surface area contributed by atoms with Gasteiger partial charge < -0.3 is 24.8 Å². The number of H-pyrrole nitrogens is 2. The van der Waals surface area contributed by atoms with Gasteiger partial charge in [0.2, 0.25) is 0 Å². The highest BCUT2D eigenvalue weighted by atomic mass is 16.5. The van der Waals surface area contributed by atoms with E-state index in [4.69, 9.17) is 9.47 Å². The van der Waals surface area contributed by atoms with Crippen LogP contribution in [0.25, 0.3) is 0 Å². The summed E-state index contributed by atoms with van der Waals surface area (Å²) in [6, 6.07) is 5.73. The van der Waals surface area contributed by atoms with Crippen LogP contribution < -0.4 is 5.32 Å². The van der Waals surface area contributed by atoms with Crippen molar-refractivity contribution in [3.63, 3.8) is 0 Å². The number of esters is 2. The number of aromatic nitrogens is 2. The Morgan fingerprint density at radius 3 is 2.31 bits per heavy atom. The van der Waals surface area contributed by atoms with Crippen LogP contribution >= 0.6 is 0 Å². The van der Waals surface area contributed by atoms with Gasteiger partial charge in [0, 0.05) is 41.1 Å². The summed E-state index contributed by atoms with van der Waals surface area (Å²) in [5.74, 6) is -1.51. The number of rotatable bonds is 6. The Morgan fingerprint density at radius 2 is 1.76 bits per heavy atom. The van der Waals surface area contributed by atoms with Crippen molar-refractivity contribution in [2.75, 3.05) is 13.7 Å². The van der Waals surface area contributed by atoms with Gasteiger partial charge in [-0.25, -0.2) is 9.59 Å². The molecule has 2 aromatic heterocycles. The third kappa shape index (κ3) is 4.13. The van der Waals surface area contributed by atoms with Crippen LogP contribution in [0.5, 0.6) is 0 Å². The van der Waals surface area contributed by atoms with Gasteiger partial charge in [0.25, 0.3) is 0 Å². The second-order valence-corrected chi connectivity index (χ2v) is 7.24. The van der Waals surface area contributed by atoms with Crippen molar-refractivity contribution < 1.29 is 19.1 Å². The molecule has 29 heavy (non-hydrogen) atoms. The van der Waals surface area contributed by atoms with Crippen LogP contribution in [-0.4, -0.2) is 35.6 Å². The van der Waals surface area contributed by atoms with Crippen molar-refractivity contribution in [1.29, 1.82) is 0 Å². The predicted octanol–water partition coefficient (Wildman–Crippen LogP) is 3.15. The van der Waals surface area contributed by atoms with Crippen LogP contribution in [0.1, 0.15) is 42.4 Å². The summed E-state index contributed by atoms with van der Waals surface area (Å²) < 4.78 is 10.6. The first-order chi connectivity index (χ1) is 13.8. The lowest BCUT2D eigenvalue weighted by Gasteiger charge is -2.29. The molecule has 0 bridgehead atoms. The van der Waals surface area contributed by atoms with Crippen LogP contribution in [0.2, 0.25) is 0 Å². The van der Waals surface area contributed by atoms with E-state index in [1.165, 1.54) is 7.11 Å². The van der Waals surface area contributed by atoms with Gasteiger partial charge in [-0.2, -0.15) is 0 Å². The van der Waals surface area contributed by atoms with Gasteiger partial charge in [-0.3, -0.25) is 0 Å². The van der Waals surface area contributed by atoms with E-state index < -0.39 is 17.9 Å². The zero-order valence-electron chi connectivity index (χ0n) is 17.4. The standard InChI is InChI=1S/C22H27N3O4/c1-12-11-16(13(2)24-12)8-10-29-22(27)19-15(4)25-14(3)18(21(26)28-5)20(19)17-7-6-9-23-17/h6-7,9,11,20,23-25H,8,10H2,1-5H3. The van der Waals surface area contributed by atoms with Gasteiger partial charge in [0.05, 0.1) is 30.8 Å². The highest BCUT2D eigenvalue weighted by molar-refractivity contribution is 5.99. The third-order valence-corrected chi connectivity index (χ3v) is 5.18. The Hall–Kier alpha value is -3.22. The second kappa shape index (κ2) is 8.43. The van der Waals surface area contributed by atoms with Crippen LogP contribution in [-0.2, 0) is 25.5 Å². The molecule has 0 fully saturated rings. The number of nitrogens with one attached hydrogen (secondary N) is 3. The van der Waals surface area contributed by atoms with E-state index in [2.05, 4.69) is 21.4 Å². The smallest absolute Gasteiger partial charge is 0.336 e. The number of ether oxygens (including phenoxy) is 2. The fourth-order valence-corrected chi connectivity index (χ4v) is 3.85. The van der Waals surface area contributed by atoms with Gasteiger partial charge >= 0.3 is 11.9 Å². The number of allylic oxidation sites excluding steroid dienone is 2. The first-order valence-electron chi connectivity index (χ1n) is 9.55. The summed E-state index contributed by atoms with van der Waals surface area (Å²) in [6.07, 6.45) is 2.38. The first-order valence-corrected chi connectivity index (χ1v) is 9.55. The minimum atomic E-state index is -0.581. The number of methoxy groups -OCH3 is 1. The monoisotopic (exact) mass is 397 g/mol. The number of dihydropyridines is 1. The Labute approximate surface area is 170 Å². The van der Waals surface area contributed by atoms with E-state index in [1.54, 1.807) is 13.1 Å². The normalized spacial score (nSPS) is 16.7. The molecule has 3 rings (SSSR count). The lowest BCUT2D eigenvalue weighted by Crippen LogP contribution is -2.32. The number of hydrogen-bond acceptors (Lipinski definition) is 5. The first kappa shape index (κ1) is 20.5. The molecule has 154 valence electrons. The lowest BCUT2D eigenvalue weighted by atomic mass is 9.83. The quantitative estimate of drug-likeness (QED) is 0.651. The van der Waals surface area contributed by atoms with Crippen LogP contribution in [0, 0.1) is 13.8 Å². The van der Waals surface area contributed by atoms with Crippen molar-refractivity contribution in [2.24, 2.45) is 0 Å². The molecule has 3 heterocycles. The summed E-state index contributed by atoms with van der Waals surface area (Å²) in [6.45, 7) is 7.85. The van der Waals surface area contributed by atoms with E-state index in [0.717, 1.165) is 22.6 Å². The van der Waals surface area contributed by atoms with Crippen LogP contribution in [0.3, 0.4) is 0 Å². The molecule has 3 N–H and O–H groups in total. The van der Waals surface area contributed by atoms with Crippen molar-refractivity contribution in [1.82, 2.24) is 15.3 Å². The van der Waals surface area contributed by atoms with Gasteiger partial charge in [0.15, 0.2) is 0 Å².